The van der Waals surface area contributed by atoms with E-state index in [0.29, 0.717) is 0 Å². The summed E-state index contributed by atoms with van der Waals surface area (Å²) in [6.45, 7) is 5.30. The van der Waals surface area contributed by atoms with Crippen molar-refractivity contribution in [2.24, 2.45) is 5.73 Å². The number of esters is 1. The molecule has 0 saturated carbocycles. The van der Waals surface area contributed by atoms with Crippen LogP contribution in [0.25, 0.3) is 0 Å². The van der Waals surface area contributed by atoms with Crippen LogP contribution in [0.2, 0.25) is 0 Å². The monoisotopic (exact) mass is 239 g/mol. The van der Waals surface area contributed by atoms with Gasteiger partial charge in [-0.2, -0.15) is 0 Å². The Bertz CT molecular complexity index is 376. The molecule has 0 aliphatic rings. The molecule has 17 heavy (non-hydrogen) atoms. The van der Waals surface area contributed by atoms with Crippen LogP contribution >= 0.6 is 0 Å². The first kappa shape index (κ1) is 13.6. The van der Waals surface area contributed by atoms with Crippen molar-refractivity contribution in [3.05, 3.63) is 35.6 Å². The van der Waals surface area contributed by atoms with Gasteiger partial charge >= 0.3 is 5.97 Å². The molecule has 0 aliphatic carbocycles. The SMILES string of the molecule is C[C@H](OC(=O)[C@@H](C)N)[C@@H](C)c1ccc(F)cc1. The highest BCUT2D eigenvalue weighted by atomic mass is 19.1. The predicted molar refractivity (Wildman–Crippen MR) is 64.0 cm³/mol. The Morgan fingerprint density at radius 2 is 1.76 bits per heavy atom. The van der Waals surface area contributed by atoms with Gasteiger partial charge in [-0.05, 0) is 31.5 Å². The molecule has 0 spiro atoms. The van der Waals surface area contributed by atoms with E-state index in [9.17, 15) is 9.18 Å². The van der Waals surface area contributed by atoms with Crippen LogP contribution in [0.5, 0.6) is 0 Å². The number of halogens is 1. The topological polar surface area (TPSA) is 52.3 Å². The van der Waals surface area contributed by atoms with E-state index in [2.05, 4.69) is 0 Å². The summed E-state index contributed by atoms with van der Waals surface area (Å²) < 4.78 is 18.0. The van der Waals surface area contributed by atoms with E-state index in [0.717, 1.165) is 5.56 Å². The van der Waals surface area contributed by atoms with Crippen molar-refractivity contribution in [1.82, 2.24) is 0 Å². The maximum Gasteiger partial charge on any atom is 0.322 e. The molecule has 0 heterocycles. The molecule has 1 rings (SSSR count). The van der Waals surface area contributed by atoms with E-state index >= 15 is 0 Å². The lowest BCUT2D eigenvalue weighted by atomic mass is 9.96. The Kier molecular flexibility index (Phi) is 4.63. The summed E-state index contributed by atoms with van der Waals surface area (Å²) in [6, 6.07) is 5.54. The lowest BCUT2D eigenvalue weighted by Gasteiger charge is -2.21. The van der Waals surface area contributed by atoms with Crippen LogP contribution in [0.1, 0.15) is 32.3 Å². The number of benzene rings is 1. The second kappa shape index (κ2) is 5.77. The van der Waals surface area contributed by atoms with Crippen molar-refractivity contribution in [2.75, 3.05) is 0 Å². The molecule has 1 aromatic rings. The van der Waals surface area contributed by atoms with Crippen LogP contribution in [0.15, 0.2) is 24.3 Å². The van der Waals surface area contributed by atoms with Gasteiger partial charge in [0.25, 0.3) is 0 Å². The number of nitrogens with two attached hydrogens (primary N) is 1. The number of ether oxygens (including phenoxy) is 1. The number of rotatable bonds is 4. The minimum absolute atomic E-state index is 0.00157. The van der Waals surface area contributed by atoms with Crippen molar-refractivity contribution in [2.45, 2.75) is 38.8 Å². The third-order valence-electron chi connectivity index (χ3n) is 2.77. The molecule has 4 heteroatoms. The maximum absolute atomic E-state index is 12.8. The van der Waals surface area contributed by atoms with E-state index in [1.165, 1.54) is 12.1 Å². The highest BCUT2D eigenvalue weighted by molar-refractivity contribution is 5.75. The van der Waals surface area contributed by atoms with Gasteiger partial charge in [0.15, 0.2) is 0 Å². The van der Waals surface area contributed by atoms with Crippen molar-refractivity contribution in [3.8, 4) is 0 Å². The van der Waals surface area contributed by atoms with E-state index in [4.69, 9.17) is 10.5 Å². The summed E-state index contributed by atoms with van der Waals surface area (Å²) in [5.74, 6) is -0.703. The number of hydrogen-bond donors (Lipinski definition) is 1. The molecule has 0 fully saturated rings. The Labute approximate surface area is 101 Å². The van der Waals surface area contributed by atoms with Crippen molar-refractivity contribution in [1.29, 1.82) is 0 Å². The first-order valence-corrected chi connectivity index (χ1v) is 5.63. The van der Waals surface area contributed by atoms with Gasteiger partial charge in [0.2, 0.25) is 0 Å². The maximum atomic E-state index is 12.8. The molecule has 0 saturated heterocycles. The molecule has 1 aromatic carbocycles. The second-order valence-electron chi connectivity index (χ2n) is 4.27. The van der Waals surface area contributed by atoms with Crippen LogP contribution in [0.3, 0.4) is 0 Å². The molecule has 0 bridgehead atoms. The molecular weight excluding hydrogens is 221 g/mol. The number of hydrogen-bond acceptors (Lipinski definition) is 3. The number of carbonyl (C=O) groups excluding carboxylic acids is 1. The summed E-state index contributed by atoms with van der Waals surface area (Å²) in [5.41, 5.74) is 6.35. The highest BCUT2D eigenvalue weighted by Gasteiger charge is 2.20. The minimum Gasteiger partial charge on any atom is -0.461 e. The van der Waals surface area contributed by atoms with Gasteiger partial charge in [0.05, 0.1) is 0 Å². The van der Waals surface area contributed by atoms with Crippen molar-refractivity contribution < 1.29 is 13.9 Å². The van der Waals surface area contributed by atoms with Crippen LogP contribution in [-0.4, -0.2) is 18.1 Å². The Balaban J connectivity index is 2.66. The summed E-state index contributed by atoms with van der Waals surface area (Å²) in [7, 11) is 0. The van der Waals surface area contributed by atoms with Gasteiger partial charge in [0.1, 0.15) is 18.0 Å². The Hall–Kier alpha value is -1.42. The molecule has 3 nitrogen and oxygen atoms in total. The van der Waals surface area contributed by atoms with Crippen LogP contribution in [0.4, 0.5) is 4.39 Å². The van der Waals surface area contributed by atoms with Crippen molar-refractivity contribution in [3.63, 3.8) is 0 Å². The van der Waals surface area contributed by atoms with Gasteiger partial charge < -0.3 is 10.5 Å². The zero-order chi connectivity index (χ0) is 13.0. The highest BCUT2D eigenvalue weighted by Crippen LogP contribution is 2.21. The van der Waals surface area contributed by atoms with Gasteiger partial charge in [-0.1, -0.05) is 19.1 Å². The molecule has 0 radical (unpaired) electrons. The van der Waals surface area contributed by atoms with Crippen LogP contribution in [-0.2, 0) is 9.53 Å². The fraction of sp³-hybridized carbons (Fsp3) is 0.462. The molecular formula is C13H18FNO2. The third kappa shape index (κ3) is 3.82. The minimum atomic E-state index is -0.627. The Morgan fingerprint density at radius 3 is 2.24 bits per heavy atom. The predicted octanol–water partition coefficient (Wildman–Crippen LogP) is 2.21. The van der Waals surface area contributed by atoms with E-state index in [1.807, 2.05) is 6.92 Å². The second-order valence-corrected chi connectivity index (χ2v) is 4.27. The smallest absolute Gasteiger partial charge is 0.322 e. The third-order valence-corrected chi connectivity index (χ3v) is 2.77. The lowest BCUT2D eigenvalue weighted by molar-refractivity contribution is -0.150. The van der Waals surface area contributed by atoms with Gasteiger partial charge in [-0.3, -0.25) is 4.79 Å². The summed E-state index contributed by atoms with van der Waals surface area (Å²) in [6.07, 6.45) is -0.293. The molecule has 2 N–H and O–H groups in total. The van der Waals surface area contributed by atoms with Gasteiger partial charge in [-0.25, -0.2) is 4.39 Å². The zero-order valence-corrected chi connectivity index (χ0v) is 10.3. The van der Waals surface area contributed by atoms with Gasteiger partial charge in [0, 0.05) is 5.92 Å². The molecule has 0 unspecified atom stereocenters. The molecule has 0 aliphatic heterocycles. The van der Waals surface area contributed by atoms with Crippen LogP contribution in [0, 0.1) is 5.82 Å². The molecule has 94 valence electrons. The molecule has 0 aromatic heterocycles. The summed E-state index contributed by atoms with van der Waals surface area (Å²) in [4.78, 5) is 11.3. The first-order chi connectivity index (χ1) is 7.91. The fourth-order valence-corrected chi connectivity index (χ4v) is 1.43. The van der Waals surface area contributed by atoms with Gasteiger partial charge in [-0.15, -0.1) is 0 Å². The largest absolute Gasteiger partial charge is 0.461 e. The summed E-state index contributed by atoms with van der Waals surface area (Å²) in [5, 5.41) is 0. The average Bonchev–Trinajstić information content (AvgIpc) is 2.28. The fourth-order valence-electron chi connectivity index (χ4n) is 1.43. The molecule has 3 atom stereocenters. The van der Waals surface area contributed by atoms with E-state index in [1.54, 1.807) is 26.0 Å². The quantitative estimate of drug-likeness (QED) is 0.819. The first-order valence-electron chi connectivity index (χ1n) is 5.63. The normalized spacial score (nSPS) is 16.1. The number of carbonyl (C=O) groups is 1. The van der Waals surface area contributed by atoms with Crippen LogP contribution < -0.4 is 5.73 Å². The van der Waals surface area contributed by atoms with Crippen molar-refractivity contribution >= 4 is 5.97 Å². The van der Waals surface area contributed by atoms with E-state index < -0.39 is 12.0 Å². The standard InChI is InChI=1S/C13H18FNO2/c1-8(10(3)17-13(16)9(2)15)11-4-6-12(14)7-5-11/h4-10H,15H2,1-3H3/t8-,9-,10+/m1/s1. The lowest BCUT2D eigenvalue weighted by Crippen LogP contribution is -2.33. The molecule has 0 amide bonds. The Morgan fingerprint density at radius 1 is 1.24 bits per heavy atom. The average molecular weight is 239 g/mol. The summed E-state index contributed by atoms with van der Waals surface area (Å²) >= 11 is 0. The zero-order valence-electron chi connectivity index (χ0n) is 10.3. The van der Waals surface area contributed by atoms with E-state index in [-0.39, 0.29) is 17.8 Å².